The molecule has 0 atom stereocenters. The fraction of sp³-hybridized carbons (Fsp3) is 0.238. The number of hydrogen-bond donors (Lipinski definition) is 2. The van der Waals surface area contributed by atoms with Crippen LogP contribution in [0, 0.1) is 0 Å². The van der Waals surface area contributed by atoms with Crippen molar-refractivity contribution in [2.45, 2.75) is 19.4 Å². The summed E-state index contributed by atoms with van der Waals surface area (Å²) < 4.78 is 15.9. The van der Waals surface area contributed by atoms with Gasteiger partial charge in [0.2, 0.25) is 24.5 Å². The quantitative estimate of drug-likeness (QED) is 0.507. The van der Waals surface area contributed by atoms with Crippen molar-refractivity contribution in [3.05, 3.63) is 53.9 Å². The third kappa shape index (κ3) is 5.43. The highest BCUT2D eigenvalue weighted by atomic mass is 32.1. The van der Waals surface area contributed by atoms with Crippen molar-refractivity contribution in [3.63, 3.8) is 0 Å². The summed E-state index contributed by atoms with van der Waals surface area (Å²) in [5, 5.41) is 7.56. The Balaban J connectivity index is 1.41. The Morgan fingerprint density at radius 3 is 2.75 bits per heavy atom. The summed E-state index contributed by atoms with van der Waals surface area (Å²) in [4.78, 5) is 42.9. The minimum atomic E-state index is -0.383. The first kappa shape index (κ1) is 21.4. The van der Waals surface area contributed by atoms with E-state index in [-0.39, 0.29) is 50.4 Å². The number of anilines is 2. The number of fused-ring (bicyclic) bond motifs is 1. The third-order valence-electron chi connectivity index (χ3n) is 4.56. The van der Waals surface area contributed by atoms with Crippen molar-refractivity contribution in [3.8, 4) is 11.5 Å². The topological polar surface area (TPSA) is 123 Å². The maximum absolute atomic E-state index is 13.0. The standard InChI is InChI=1S/C21H20N4O6S/c26-18(24-21-22-7-9-32-21)5-6-20(28)25(12-19(27)23-11-15-2-1-8-29-15)14-3-4-16-17(10-14)31-13-30-16/h1-4,7-10H,5-6,11-13H2,(H,23,27)(H,22,24,26). The fourth-order valence-electron chi connectivity index (χ4n) is 3.00. The summed E-state index contributed by atoms with van der Waals surface area (Å²) in [7, 11) is 0. The van der Waals surface area contributed by atoms with Crippen molar-refractivity contribution in [1.82, 2.24) is 10.3 Å². The number of furan rings is 1. The number of hydrogen-bond acceptors (Lipinski definition) is 8. The second kappa shape index (κ2) is 9.96. The number of carbonyl (C=O) groups is 3. The van der Waals surface area contributed by atoms with Crippen molar-refractivity contribution in [2.75, 3.05) is 23.6 Å². The molecule has 3 amide bonds. The summed E-state index contributed by atoms with van der Waals surface area (Å²) in [6, 6.07) is 8.44. The van der Waals surface area contributed by atoms with Gasteiger partial charge in [-0.1, -0.05) is 0 Å². The SMILES string of the molecule is O=C(CN(C(=O)CCC(=O)Nc1nccs1)c1ccc2c(c1)OCO2)NCc1ccco1. The molecular formula is C21H20N4O6S. The second-order valence-electron chi connectivity index (χ2n) is 6.76. The van der Waals surface area contributed by atoms with Crippen LogP contribution in [-0.2, 0) is 20.9 Å². The van der Waals surface area contributed by atoms with Gasteiger partial charge < -0.3 is 29.4 Å². The number of aromatic nitrogens is 1. The lowest BCUT2D eigenvalue weighted by atomic mass is 10.2. The predicted octanol–water partition coefficient (Wildman–Crippen LogP) is 2.53. The fourth-order valence-corrected chi connectivity index (χ4v) is 3.54. The van der Waals surface area contributed by atoms with E-state index in [1.807, 2.05) is 0 Å². The van der Waals surface area contributed by atoms with Crippen molar-refractivity contribution in [2.24, 2.45) is 0 Å². The largest absolute Gasteiger partial charge is 0.467 e. The molecule has 32 heavy (non-hydrogen) atoms. The van der Waals surface area contributed by atoms with Gasteiger partial charge in [0.05, 0.1) is 12.8 Å². The van der Waals surface area contributed by atoms with E-state index in [0.29, 0.717) is 28.1 Å². The maximum atomic E-state index is 13.0. The van der Waals surface area contributed by atoms with E-state index in [2.05, 4.69) is 15.6 Å². The van der Waals surface area contributed by atoms with Crippen molar-refractivity contribution < 1.29 is 28.3 Å². The molecule has 2 N–H and O–H groups in total. The minimum Gasteiger partial charge on any atom is -0.467 e. The summed E-state index contributed by atoms with van der Waals surface area (Å²) in [6.45, 7) is 0.0613. The molecule has 0 saturated heterocycles. The van der Waals surface area contributed by atoms with Crippen LogP contribution in [0.4, 0.5) is 10.8 Å². The third-order valence-corrected chi connectivity index (χ3v) is 5.24. The normalized spacial score (nSPS) is 11.8. The number of thiazole rings is 1. The Morgan fingerprint density at radius 1 is 1.09 bits per heavy atom. The molecule has 10 nitrogen and oxygen atoms in total. The molecule has 166 valence electrons. The first-order valence-corrected chi connectivity index (χ1v) is 10.6. The van der Waals surface area contributed by atoms with Crippen LogP contribution in [0.25, 0.3) is 0 Å². The number of ether oxygens (including phenoxy) is 2. The molecular weight excluding hydrogens is 436 g/mol. The minimum absolute atomic E-state index is 0.0481. The van der Waals surface area contributed by atoms with Crippen LogP contribution in [0.15, 0.2) is 52.6 Å². The highest BCUT2D eigenvalue weighted by Gasteiger charge is 2.23. The van der Waals surface area contributed by atoms with Crippen LogP contribution in [0.2, 0.25) is 0 Å². The number of rotatable bonds is 9. The maximum Gasteiger partial charge on any atom is 0.240 e. The van der Waals surface area contributed by atoms with Crippen LogP contribution >= 0.6 is 11.3 Å². The van der Waals surface area contributed by atoms with Crippen LogP contribution in [0.1, 0.15) is 18.6 Å². The molecule has 0 unspecified atom stereocenters. The van der Waals surface area contributed by atoms with Gasteiger partial charge in [0.1, 0.15) is 12.3 Å². The van der Waals surface area contributed by atoms with Crippen LogP contribution in [-0.4, -0.2) is 36.0 Å². The summed E-state index contributed by atoms with van der Waals surface area (Å²) in [5.74, 6) is 0.550. The monoisotopic (exact) mass is 456 g/mol. The summed E-state index contributed by atoms with van der Waals surface area (Å²) in [5.41, 5.74) is 0.465. The molecule has 11 heteroatoms. The van der Waals surface area contributed by atoms with E-state index >= 15 is 0 Å². The zero-order chi connectivity index (χ0) is 22.3. The zero-order valence-electron chi connectivity index (χ0n) is 16.9. The Hall–Kier alpha value is -3.86. The first-order valence-electron chi connectivity index (χ1n) is 9.77. The Labute approximate surface area is 187 Å². The van der Waals surface area contributed by atoms with Gasteiger partial charge in [-0.2, -0.15) is 0 Å². The lowest BCUT2D eigenvalue weighted by Crippen LogP contribution is -2.41. The average Bonchev–Trinajstić information content (AvgIpc) is 3.56. The molecule has 0 radical (unpaired) electrons. The molecule has 0 saturated carbocycles. The number of benzene rings is 1. The Bertz CT molecular complexity index is 1080. The zero-order valence-corrected chi connectivity index (χ0v) is 17.7. The van der Waals surface area contributed by atoms with Gasteiger partial charge >= 0.3 is 0 Å². The van der Waals surface area contributed by atoms with Gasteiger partial charge in [0.25, 0.3) is 0 Å². The summed E-state index contributed by atoms with van der Waals surface area (Å²) >= 11 is 1.29. The van der Waals surface area contributed by atoms with Crippen molar-refractivity contribution in [1.29, 1.82) is 0 Å². The average molecular weight is 456 g/mol. The van der Waals surface area contributed by atoms with E-state index in [4.69, 9.17) is 13.9 Å². The molecule has 1 aliphatic heterocycles. The van der Waals surface area contributed by atoms with E-state index in [9.17, 15) is 14.4 Å². The molecule has 0 spiro atoms. The molecule has 3 aromatic rings. The van der Waals surface area contributed by atoms with E-state index < -0.39 is 0 Å². The van der Waals surface area contributed by atoms with E-state index in [1.165, 1.54) is 22.5 Å². The van der Waals surface area contributed by atoms with Crippen LogP contribution in [0.5, 0.6) is 11.5 Å². The predicted molar refractivity (Wildman–Crippen MR) is 115 cm³/mol. The molecule has 0 aliphatic carbocycles. The van der Waals surface area contributed by atoms with Crippen LogP contribution in [0.3, 0.4) is 0 Å². The summed E-state index contributed by atoms with van der Waals surface area (Å²) in [6.07, 6.45) is 2.96. The molecule has 4 rings (SSSR count). The highest BCUT2D eigenvalue weighted by molar-refractivity contribution is 7.13. The second-order valence-corrected chi connectivity index (χ2v) is 7.65. The Kier molecular flexibility index (Phi) is 6.66. The van der Waals surface area contributed by atoms with E-state index in [0.717, 1.165) is 0 Å². The van der Waals surface area contributed by atoms with E-state index in [1.54, 1.807) is 41.9 Å². The highest BCUT2D eigenvalue weighted by Crippen LogP contribution is 2.35. The number of carbonyl (C=O) groups excluding carboxylic acids is 3. The van der Waals surface area contributed by atoms with Gasteiger partial charge in [0.15, 0.2) is 16.6 Å². The van der Waals surface area contributed by atoms with Gasteiger partial charge in [-0.3, -0.25) is 14.4 Å². The molecule has 0 bridgehead atoms. The van der Waals surface area contributed by atoms with Gasteiger partial charge in [-0.05, 0) is 24.3 Å². The number of nitrogens with one attached hydrogen (secondary N) is 2. The van der Waals surface area contributed by atoms with Crippen LogP contribution < -0.4 is 25.0 Å². The lowest BCUT2D eigenvalue weighted by Gasteiger charge is -2.22. The van der Waals surface area contributed by atoms with Crippen molar-refractivity contribution >= 4 is 39.9 Å². The molecule has 0 fully saturated rings. The number of amides is 3. The molecule has 1 aromatic carbocycles. The molecule has 2 aromatic heterocycles. The molecule has 1 aliphatic rings. The molecule has 3 heterocycles. The lowest BCUT2D eigenvalue weighted by molar-refractivity contribution is -0.125. The smallest absolute Gasteiger partial charge is 0.240 e. The Morgan fingerprint density at radius 2 is 1.97 bits per heavy atom. The van der Waals surface area contributed by atoms with Gasteiger partial charge in [-0.15, -0.1) is 11.3 Å². The van der Waals surface area contributed by atoms with Gasteiger partial charge in [0, 0.05) is 36.2 Å². The van der Waals surface area contributed by atoms with Gasteiger partial charge in [-0.25, -0.2) is 4.98 Å². The number of nitrogens with zero attached hydrogens (tertiary/aromatic N) is 2. The first-order chi connectivity index (χ1) is 15.6.